The highest BCUT2D eigenvalue weighted by Gasteiger charge is 2.37. The molecule has 0 spiro atoms. The summed E-state index contributed by atoms with van der Waals surface area (Å²) in [4.78, 5) is 24.8. The quantitative estimate of drug-likeness (QED) is 0.0704. The number of nitrogens with one attached hydrogen (secondary N) is 1. The molecule has 0 fully saturated rings. The number of benzene rings is 1. The first kappa shape index (κ1) is 30.2. The van der Waals surface area contributed by atoms with Crippen LogP contribution < -0.4 is 15.7 Å². The zero-order valence-corrected chi connectivity index (χ0v) is 21.7. The van der Waals surface area contributed by atoms with Crippen LogP contribution in [0.25, 0.3) is 11.0 Å². The number of ether oxygens (including phenoxy) is 1. The monoisotopic (exact) mass is 638 g/mol. The van der Waals surface area contributed by atoms with E-state index in [-0.39, 0.29) is 31.4 Å². The number of halogens is 7. The molecule has 14 heteroatoms. The predicted octanol–water partition coefficient (Wildman–Crippen LogP) is 5.25. The number of carbonyl (C=O) groups excluding carboxylic acids is 1. The molecule has 7 nitrogen and oxygen atoms in total. The van der Waals surface area contributed by atoms with Gasteiger partial charge in [-0.1, -0.05) is 0 Å². The fraction of sp³-hybridized carbons (Fsp3) is 0.545. The minimum Gasteiger partial charge on any atom is -0.493 e. The smallest absolute Gasteiger partial charge is 0.417 e. The number of hydrogen-bond donors (Lipinski definition) is 2. The minimum absolute atomic E-state index is 0.119. The van der Waals surface area contributed by atoms with Crippen LogP contribution in [-0.4, -0.2) is 52.1 Å². The van der Waals surface area contributed by atoms with Crippen molar-refractivity contribution in [3.63, 3.8) is 0 Å². The van der Waals surface area contributed by atoms with Gasteiger partial charge in [0.2, 0.25) is 0 Å². The number of hydrogen-bond acceptors (Lipinski definition) is 6. The van der Waals surface area contributed by atoms with Gasteiger partial charge in [-0.3, -0.25) is 4.79 Å². The van der Waals surface area contributed by atoms with Crippen molar-refractivity contribution < 1.29 is 45.4 Å². The summed E-state index contributed by atoms with van der Waals surface area (Å²) in [6.07, 6.45) is -12.1. The third-order valence-electron chi connectivity index (χ3n) is 5.52. The summed E-state index contributed by atoms with van der Waals surface area (Å²) in [5.41, 5.74) is -5.23. The number of fused-ring (bicyclic) bond motifs is 1. The van der Waals surface area contributed by atoms with E-state index in [4.69, 9.17) is 9.15 Å². The zero-order valence-electron chi connectivity index (χ0n) is 19.5. The highest BCUT2D eigenvalue weighted by atomic mass is 127. The van der Waals surface area contributed by atoms with Gasteiger partial charge in [-0.15, -0.1) is 0 Å². The first-order valence-electron chi connectivity index (χ1n) is 10.7. The van der Waals surface area contributed by atoms with Crippen molar-refractivity contribution in [1.82, 2.24) is 10.2 Å². The van der Waals surface area contributed by atoms with Crippen LogP contribution >= 0.6 is 22.6 Å². The van der Waals surface area contributed by atoms with Crippen molar-refractivity contribution in [2.24, 2.45) is 0 Å². The Morgan fingerprint density at radius 2 is 1.83 bits per heavy atom. The van der Waals surface area contributed by atoms with Gasteiger partial charge in [0.1, 0.15) is 17.6 Å². The molecular formula is C22H25F6IN2O5. The van der Waals surface area contributed by atoms with E-state index in [1.54, 1.807) is 20.9 Å². The third-order valence-corrected chi connectivity index (χ3v) is 6.14. The van der Waals surface area contributed by atoms with Gasteiger partial charge in [-0.25, -0.2) is 4.79 Å². The molecule has 0 saturated heterocycles. The number of rotatable bonds is 10. The predicted molar refractivity (Wildman–Crippen MR) is 127 cm³/mol. The van der Waals surface area contributed by atoms with Crippen molar-refractivity contribution in [2.75, 3.05) is 20.2 Å². The SMILES string of the molecule is CNC(C)(C)C(O)N(CCCCOc1ccc2c(C(F)(F)F)cc(=O)oc2c1CC(F)(F)F)C(=O)I. The van der Waals surface area contributed by atoms with Crippen LogP contribution in [0.5, 0.6) is 5.75 Å². The zero-order chi connectivity index (χ0) is 27.5. The number of alkyl halides is 6. The standard InChI is InChI=1S/C22H25F6IN2O5/c1-20(2,30-3)18(33)31(19(29)34)8-4-5-9-35-15-7-6-12-14(22(26,27)28)10-16(32)36-17(12)13(15)11-21(23,24)25/h6-7,10,18,30,33H,4-5,8-9,11H2,1-3H3. The van der Waals surface area contributed by atoms with Crippen molar-refractivity contribution in [3.05, 3.63) is 39.7 Å². The number of aliphatic hydroxyl groups excluding tert-OH is 1. The van der Waals surface area contributed by atoms with E-state index >= 15 is 0 Å². The molecule has 2 rings (SSSR count). The fourth-order valence-electron chi connectivity index (χ4n) is 3.39. The molecule has 0 saturated carbocycles. The fourth-order valence-corrected chi connectivity index (χ4v) is 3.90. The molecule has 36 heavy (non-hydrogen) atoms. The molecule has 0 radical (unpaired) electrons. The Kier molecular flexibility index (Phi) is 9.67. The summed E-state index contributed by atoms with van der Waals surface area (Å²) in [6.45, 7) is 3.36. The lowest BCUT2D eigenvalue weighted by atomic mass is 10.0. The van der Waals surface area contributed by atoms with Gasteiger partial charge < -0.3 is 24.5 Å². The highest BCUT2D eigenvalue weighted by Crippen LogP contribution is 2.39. The van der Waals surface area contributed by atoms with E-state index < -0.39 is 62.2 Å². The average Bonchev–Trinajstić information content (AvgIpc) is 2.74. The Hall–Kier alpha value is -2.07. The van der Waals surface area contributed by atoms with Crippen LogP contribution in [0.2, 0.25) is 0 Å². The van der Waals surface area contributed by atoms with Crippen molar-refractivity contribution in [1.29, 1.82) is 0 Å². The lowest BCUT2D eigenvalue weighted by Gasteiger charge is -2.37. The first-order valence-corrected chi connectivity index (χ1v) is 11.8. The molecule has 1 atom stereocenters. The lowest BCUT2D eigenvalue weighted by Crippen LogP contribution is -2.57. The van der Waals surface area contributed by atoms with Gasteiger partial charge in [-0.05, 0) is 45.9 Å². The number of likely N-dealkylation sites (N-methyl/N-ethyl adjacent to an activating group) is 1. The van der Waals surface area contributed by atoms with Crippen molar-refractivity contribution in [2.45, 2.75) is 57.2 Å². The van der Waals surface area contributed by atoms with E-state index in [2.05, 4.69) is 5.32 Å². The van der Waals surface area contributed by atoms with Crippen LogP contribution in [0, 0.1) is 0 Å². The second-order valence-electron chi connectivity index (χ2n) is 8.54. The van der Waals surface area contributed by atoms with Gasteiger partial charge in [0, 0.05) is 46.2 Å². The minimum atomic E-state index is -4.99. The van der Waals surface area contributed by atoms with E-state index in [0.29, 0.717) is 6.42 Å². The summed E-state index contributed by atoms with van der Waals surface area (Å²) in [5.74, 6) is -0.375. The van der Waals surface area contributed by atoms with Gasteiger partial charge >= 0.3 is 18.0 Å². The Morgan fingerprint density at radius 3 is 2.36 bits per heavy atom. The number of nitrogens with zero attached hydrogens (tertiary/aromatic N) is 1. The molecule has 202 valence electrons. The van der Waals surface area contributed by atoms with Crippen LogP contribution in [0.15, 0.2) is 27.4 Å². The maximum absolute atomic E-state index is 13.3. The van der Waals surface area contributed by atoms with Crippen LogP contribution in [0.3, 0.4) is 0 Å². The number of carbonyl (C=O) groups is 1. The molecule has 2 N–H and O–H groups in total. The first-order chi connectivity index (χ1) is 16.5. The van der Waals surface area contributed by atoms with Crippen molar-refractivity contribution in [3.8, 4) is 5.75 Å². The summed E-state index contributed by atoms with van der Waals surface area (Å²) in [6, 6.07) is 2.05. The summed E-state index contributed by atoms with van der Waals surface area (Å²) >= 11 is 1.53. The number of aliphatic hydroxyl groups is 1. The molecule has 0 aliphatic carbocycles. The van der Waals surface area contributed by atoms with E-state index in [0.717, 1.165) is 12.1 Å². The Bertz CT molecular complexity index is 1130. The Morgan fingerprint density at radius 1 is 1.19 bits per heavy atom. The molecule has 0 aliphatic heterocycles. The van der Waals surface area contributed by atoms with Crippen molar-refractivity contribution >= 4 is 37.5 Å². The second kappa shape index (κ2) is 11.5. The highest BCUT2D eigenvalue weighted by molar-refractivity contribution is 14.1. The van der Waals surface area contributed by atoms with E-state index in [1.807, 2.05) is 0 Å². The van der Waals surface area contributed by atoms with Gasteiger partial charge in [0.15, 0.2) is 0 Å². The molecule has 1 heterocycles. The largest absolute Gasteiger partial charge is 0.493 e. The normalized spacial score (nSPS) is 13.6. The Labute approximate surface area is 215 Å². The van der Waals surface area contributed by atoms with E-state index in [9.17, 15) is 41.0 Å². The summed E-state index contributed by atoms with van der Waals surface area (Å²) in [7, 11) is 1.62. The lowest BCUT2D eigenvalue weighted by molar-refractivity contribution is -0.136. The molecule has 1 amide bonds. The molecule has 1 aromatic heterocycles. The third kappa shape index (κ3) is 7.71. The molecule has 0 aliphatic rings. The summed E-state index contributed by atoms with van der Waals surface area (Å²) < 4.78 is 89.5. The van der Waals surface area contributed by atoms with Gasteiger partial charge in [-0.2, -0.15) is 26.3 Å². The van der Waals surface area contributed by atoms with Crippen LogP contribution in [0.1, 0.15) is 37.8 Å². The van der Waals surface area contributed by atoms with E-state index in [1.165, 1.54) is 27.5 Å². The van der Waals surface area contributed by atoms with Crippen LogP contribution in [-0.2, 0) is 12.6 Å². The topological polar surface area (TPSA) is 92.0 Å². The Balaban J connectivity index is 2.25. The molecule has 1 unspecified atom stereocenters. The second-order valence-corrected chi connectivity index (χ2v) is 9.46. The molecule has 1 aromatic carbocycles. The maximum Gasteiger partial charge on any atom is 0.417 e. The van der Waals surface area contributed by atoms with Crippen LogP contribution in [0.4, 0.5) is 31.1 Å². The number of unbranched alkanes of at least 4 members (excludes halogenated alkanes) is 1. The van der Waals surface area contributed by atoms with Gasteiger partial charge in [0.25, 0.3) is 3.91 Å². The average molecular weight is 638 g/mol. The number of amides is 1. The molecular weight excluding hydrogens is 613 g/mol. The maximum atomic E-state index is 13.3. The van der Waals surface area contributed by atoms with Gasteiger partial charge in [0.05, 0.1) is 24.1 Å². The molecule has 2 aromatic rings. The molecule has 0 bridgehead atoms. The summed E-state index contributed by atoms with van der Waals surface area (Å²) in [5, 5.41) is 12.7.